The molecule has 0 saturated carbocycles. The molecule has 0 unspecified atom stereocenters. The molecule has 0 aliphatic rings. The fourth-order valence-electron chi connectivity index (χ4n) is 2.86. The number of carbonyl (C=O) groups is 4. The number of aromatic nitrogens is 2. The van der Waals surface area contributed by atoms with Gasteiger partial charge in [-0.15, -0.1) is 0 Å². The van der Waals surface area contributed by atoms with Crippen molar-refractivity contribution in [1.29, 1.82) is 0 Å². The van der Waals surface area contributed by atoms with E-state index in [0.717, 1.165) is 0 Å². The van der Waals surface area contributed by atoms with Crippen molar-refractivity contribution in [2.24, 2.45) is 0 Å². The van der Waals surface area contributed by atoms with E-state index >= 15 is 0 Å². The monoisotopic (exact) mass is 492 g/mol. The van der Waals surface area contributed by atoms with Crippen LogP contribution in [0.25, 0.3) is 0 Å². The van der Waals surface area contributed by atoms with Crippen LogP contribution in [0, 0.1) is 0 Å². The lowest BCUT2D eigenvalue weighted by atomic mass is 10.1. The van der Waals surface area contributed by atoms with Crippen molar-refractivity contribution in [1.82, 2.24) is 20.6 Å². The number of nitrogens with one attached hydrogen (secondary N) is 4. The van der Waals surface area contributed by atoms with Gasteiger partial charge in [0.1, 0.15) is 13.2 Å². The van der Waals surface area contributed by atoms with E-state index in [1.807, 2.05) is 0 Å². The Morgan fingerprint density at radius 1 is 0.611 bits per heavy atom. The van der Waals surface area contributed by atoms with Crippen LogP contribution in [-0.4, -0.2) is 60.3 Å². The van der Waals surface area contributed by atoms with Gasteiger partial charge < -0.3 is 20.1 Å². The van der Waals surface area contributed by atoms with Gasteiger partial charge in [0.25, 0.3) is 11.8 Å². The molecule has 36 heavy (non-hydrogen) atoms. The zero-order chi connectivity index (χ0) is 25.6. The molecule has 12 nitrogen and oxygen atoms in total. The smallest absolute Gasteiger partial charge is 0.411 e. The van der Waals surface area contributed by atoms with Crippen LogP contribution in [0.3, 0.4) is 0 Å². The average molecular weight is 492 g/mol. The van der Waals surface area contributed by atoms with Crippen LogP contribution in [0.4, 0.5) is 21.0 Å². The Kier molecular flexibility index (Phi) is 9.71. The van der Waals surface area contributed by atoms with Gasteiger partial charge in [-0.05, 0) is 36.4 Å². The number of rotatable bonds is 10. The lowest BCUT2D eigenvalue weighted by molar-refractivity contribution is 0.0906. The normalized spacial score (nSPS) is 10.0. The Labute approximate surface area is 206 Å². The zero-order valence-corrected chi connectivity index (χ0v) is 19.1. The molecule has 0 spiro atoms. The minimum Gasteiger partial charge on any atom is -0.447 e. The van der Waals surface area contributed by atoms with Gasteiger partial charge in [-0.3, -0.25) is 30.2 Å². The lowest BCUT2D eigenvalue weighted by Gasteiger charge is -2.12. The minimum atomic E-state index is -0.674. The molecule has 0 saturated heterocycles. The average Bonchev–Trinajstić information content (AvgIpc) is 2.90. The lowest BCUT2D eigenvalue weighted by Crippen LogP contribution is -2.33. The summed E-state index contributed by atoms with van der Waals surface area (Å²) in [7, 11) is 0. The SMILES string of the molecule is O=C(Nc1ccncc1)OCCNC(=O)c1ccccc1C(=O)NCCOC(=O)Nc1ccncc1. The molecule has 2 heterocycles. The number of nitrogens with zero attached hydrogens (tertiary/aromatic N) is 2. The standard InChI is InChI=1S/C24H24N6O6/c31-21(27-13-15-35-23(33)29-17-5-9-25-10-6-17)19-3-1-2-4-20(19)22(32)28-14-16-36-24(34)30-18-7-11-26-12-8-18/h1-12H,13-16H2,(H,27,31)(H,28,32)(H,25,29,33)(H,26,30,34). The molecule has 0 aliphatic heterocycles. The molecule has 1 aromatic carbocycles. The minimum absolute atomic E-state index is 0.0407. The maximum Gasteiger partial charge on any atom is 0.411 e. The van der Waals surface area contributed by atoms with Gasteiger partial charge in [-0.2, -0.15) is 0 Å². The second-order valence-electron chi connectivity index (χ2n) is 7.05. The summed E-state index contributed by atoms with van der Waals surface area (Å²) in [6.07, 6.45) is 4.75. The first-order valence-electron chi connectivity index (χ1n) is 10.9. The van der Waals surface area contributed by atoms with Crippen molar-refractivity contribution in [3.63, 3.8) is 0 Å². The second kappa shape index (κ2) is 13.6. The molecule has 3 rings (SSSR count). The Morgan fingerprint density at radius 3 is 1.39 bits per heavy atom. The summed E-state index contributed by atoms with van der Waals surface area (Å²) in [5, 5.41) is 10.3. The topological polar surface area (TPSA) is 161 Å². The summed E-state index contributed by atoms with van der Waals surface area (Å²) in [6, 6.07) is 12.7. The summed E-state index contributed by atoms with van der Waals surface area (Å²) in [5.74, 6) is -1.02. The van der Waals surface area contributed by atoms with Gasteiger partial charge in [-0.1, -0.05) is 12.1 Å². The fourth-order valence-corrected chi connectivity index (χ4v) is 2.86. The third-order valence-corrected chi connectivity index (χ3v) is 4.51. The number of hydrogen-bond donors (Lipinski definition) is 4. The van der Waals surface area contributed by atoms with E-state index in [4.69, 9.17) is 9.47 Å². The number of amides is 4. The van der Waals surface area contributed by atoms with Crippen LogP contribution < -0.4 is 21.3 Å². The first-order valence-corrected chi connectivity index (χ1v) is 10.9. The van der Waals surface area contributed by atoms with E-state index in [0.29, 0.717) is 11.4 Å². The predicted octanol–water partition coefficient (Wildman–Crippen LogP) is 2.43. The third kappa shape index (κ3) is 8.41. The van der Waals surface area contributed by atoms with Gasteiger partial charge >= 0.3 is 12.2 Å². The molecule has 186 valence electrons. The van der Waals surface area contributed by atoms with E-state index in [1.165, 1.54) is 36.9 Å². The molecule has 0 atom stereocenters. The van der Waals surface area contributed by atoms with Gasteiger partial charge in [0, 0.05) is 36.2 Å². The van der Waals surface area contributed by atoms with Gasteiger partial charge in [-0.25, -0.2) is 9.59 Å². The van der Waals surface area contributed by atoms with Crippen LogP contribution in [0.2, 0.25) is 0 Å². The van der Waals surface area contributed by atoms with Crippen LogP contribution in [0.1, 0.15) is 20.7 Å². The van der Waals surface area contributed by atoms with E-state index in [2.05, 4.69) is 31.2 Å². The molecule has 12 heteroatoms. The number of hydrogen-bond acceptors (Lipinski definition) is 8. The number of ether oxygens (including phenoxy) is 2. The number of carbonyl (C=O) groups excluding carboxylic acids is 4. The zero-order valence-electron chi connectivity index (χ0n) is 19.1. The van der Waals surface area contributed by atoms with E-state index in [9.17, 15) is 19.2 Å². The second-order valence-corrected chi connectivity index (χ2v) is 7.05. The molecule has 0 bridgehead atoms. The number of anilines is 2. The van der Waals surface area contributed by atoms with E-state index in [1.54, 1.807) is 36.4 Å². The highest BCUT2D eigenvalue weighted by Gasteiger charge is 2.16. The van der Waals surface area contributed by atoms with E-state index in [-0.39, 0.29) is 37.4 Å². The maximum absolute atomic E-state index is 12.6. The first-order chi connectivity index (χ1) is 17.5. The summed E-state index contributed by atoms with van der Waals surface area (Å²) in [6.45, 7) is -0.0657. The maximum atomic E-state index is 12.6. The number of pyridine rings is 2. The Hall–Kier alpha value is -5.00. The molecule has 3 aromatic rings. The molecular formula is C24H24N6O6. The van der Waals surface area contributed by atoms with Crippen molar-refractivity contribution in [2.75, 3.05) is 36.9 Å². The van der Waals surface area contributed by atoms with Crippen LogP contribution in [0.5, 0.6) is 0 Å². The van der Waals surface area contributed by atoms with Crippen molar-refractivity contribution < 1.29 is 28.7 Å². The highest BCUT2D eigenvalue weighted by atomic mass is 16.6. The molecule has 0 fully saturated rings. The van der Waals surface area contributed by atoms with E-state index < -0.39 is 24.0 Å². The van der Waals surface area contributed by atoms with Crippen molar-refractivity contribution in [3.05, 3.63) is 84.4 Å². The predicted molar refractivity (Wildman–Crippen MR) is 130 cm³/mol. The molecule has 4 N–H and O–H groups in total. The summed E-state index contributed by atoms with van der Waals surface area (Å²) in [5.41, 5.74) is 1.35. The highest BCUT2D eigenvalue weighted by Crippen LogP contribution is 2.09. The van der Waals surface area contributed by atoms with Crippen LogP contribution >= 0.6 is 0 Å². The molecule has 4 amide bonds. The molecular weight excluding hydrogens is 468 g/mol. The van der Waals surface area contributed by atoms with Gasteiger partial charge in [0.15, 0.2) is 0 Å². The molecule has 2 aromatic heterocycles. The molecule has 0 aliphatic carbocycles. The highest BCUT2D eigenvalue weighted by molar-refractivity contribution is 6.07. The third-order valence-electron chi connectivity index (χ3n) is 4.51. The summed E-state index contributed by atoms with van der Waals surface area (Å²) >= 11 is 0. The van der Waals surface area contributed by atoms with Gasteiger partial charge in [0.2, 0.25) is 0 Å². The first kappa shape index (κ1) is 25.6. The summed E-state index contributed by atoms with van der Waals surface area (Å²) < 4.78 is 10.0. The van der Waals surface area contributed by atoms with Crippen molar-refractivity contribution in [3.8, 4) is 0 Å². The van der Waals surface area contributed by atoms with Crippen LogP contribution in [0.15, 0.2) is 73.3 Å². The van der Waals surface area contributed by atoms with Crippen molar-refractivity contribution in [2.45, 2.75) is 0 Å². The largest absolute Gasteiger partial charge is 0.447 e. The Morgan fingerprint density at radius 2 is 1.00 bits per heavy atom. The fraction of sp³-hybridized carbons (Fsp3) is 0.167. The number of benzene rings is 1. The van der Waals surface area contributed by atoms with Gasteiger partial charge in [0.05, 0.1) is 24.2 Å². The quantitative estimate of drug-likeness (QED) is 0.314. The van der Waals surface area contributed by atoms with Crippen molar-refractivity contribution >= 4 is 35.4 Å². The van der Waals surface area contributed by atoms with Crippen LogP contribution in [-0.2, 0) is 9.47 Å². The Balaban J connectivity index is 1.39. The molecule has 0 radical (unpaired) electrons. The summed E-state index contributed by atoms with van der Waals surface area (Å²) in [4.78, 5) is 56.4. The Bertz CT molecular complexity index is 1080.